The molecule has 0 aliphatic carbocycles. The molecule has 2 fully saturated rings. The molecule has 4 nitrogen and oxygen atoms in total. The number of carbonyl (C=O) groups excluding carboxylic acids is 1. The molecule has 2 saturated heterocycles. The third-order valence-corrected chi connectivity index (χ3v) is 4.88. The Bertz CT molecular complexity index is 307. The van der Waals surface area contributed by atoms with Gasteiger partial charge in [0.05, 0.1) is 0 Å². The minimum absolute atomic E-state index is 0.199. The summed E-state index contributed by atoms with van der Waals surface area (Å²) < 4.78 is 0. The summed E-state index contributed by atoms with van der Waals surface area (Å²) in [6.45, 7) is 9.78. The highest BCUT2D eigenvalue weighted by Gasteiger charge is 2.33. The fourth-order valence-corrected chi connectivity index (χ4v) is 3.10. The summed E-state index contributed by atoms with van der Waals surface area (Å²) in [6.07, 6.45) is 0.734. The van der Waals surface area contributed by atoms with Crippen LogP contribution in [0.3, 0.4) is 0 Å². The number of hydrogen-bond acceptors (Lipinski definition) is 4. The van der Waals surface area contributed by atoms with Crippen molar-refractivity contribution < 1.29 is 4.79 Å². The molecule has 0 aromatic carbocycles. The first kappa shape index (κ1) is 14.0. The quantitative estimate of drug-likeness (QED) is 0.717. The first-order valence-electron chi connectivity index (χ1n) is 7.14. The Kier molecular flexibility index (Phi) is 4.41. The van der Waals surface area contributed by atoms with Gasteiger partial charge in [-0.15, -0.1) is 0 Å². The molecule has 2 aliphatic heterocycles. The van der Waals surface area contributed by atoms with E-state index in [0.29, 0.717) is 17.9 Å². The predicted octanol–water partition coefficient (Wildman–Crippen LogP) is 0.532. The molecule has 3 atom stereocenters. The lowest BCUT2D eigenvalue weighted by molar-refractivity contribution is -0.128. The van der Waals surface area contributed by atoms with Gasteiger partial charge in [-0.2, -0.15) is 0 Å². The van der Waals surface area contributed by atoms with Crippen molar-refractivity contribution in [2.75, 3.05) is 46.8 Å². The first-order valence-corrected chi connectivity index (χ1v) is 7.14. The molecule has 0 spiro atoms. The van der Waals surface area contributed by atoms with Gasteiger partial charge >= 0.3 is 0 Å². The smallest absolute Gasteiger partial charge is 0.138 e. The van der Waals surface area contributed by atoms with Crippen LogP contribution in [0.4, 0.5) is 0 Å². The van der Waals surface area contributed by atoms with Gasteiger partial charge in [-0.25, -0.2) is 0 Å². The van der Waals surface area contributed by atoms with Gasteiger partial charge in [0.1, 0.15) is 5.78 Å². The zero-order valence-corrected chi connectivity index (χ0v) is 12.2. The minimum Gasteiger partial charge on any atom is -0.303 e. The van der Waals surface area contributed by atoms with Crippen molar-refractivity contribution in [3.63, 3.8) is 0 Å². The Morgan fingerprint density at radius 1 is 1.17 bits per heavy atom. The minimum atomic E-state index is 0.199. The van der Waals surface area contributed by atoms with Crippen LogP contribution in [-0.2, 0) is 4.79 Å². The number of carbonyl (C=O) groups is 1. The van der Waals surface area contributed by atoms with E-state index in [4.69, 9.17) is 0 Å². The Morgan fingerprint density at radius 2 is 1.89 bits per heavy atom. The topological polar surface area (TPSA) is 26.8 Å². The maximum absolute atomic E-state index is 11.7. The van der Waals surface area contributed by atoms with Crippen LogP contribution in [0.2, 0.25) is 0 Å². The van der Waals surface area contributed by atoms with Crippen LogP contribution in [-0.4, -0.2) is 79.4 Å². The number of nitrogens with zero attached hydrogens (tertiary/aromatic N) is 3. The van der Waals surface area contributed by atoms with E-state index >= 15 is 0 Å². The average Bonchev–Trinajstić information content (AvgIpc) is 2.34. The number of Topliss-reactive ketones (excluding diaryl/α,β-unsaturated/α-hetero) is 1. The average molecular weight is 253 g/mol. The number of likely N-dealkylation sites (tertiary alicyclic amines) is 1. The molecule has 3 unspecified atom stereocenters. The van der Waals surface area contributed by atoms with Gasteiger partial charge in [0.2, 0.25) is 0 Å². The zero-order valence-electron chi connectivity index (χ0n) is 12.2. The number of piperidine rings is 1. The third kappa shape index (κ3) is 2.92. The molecule has 4 heteroatoms. The third-order valence-electron chi connectivity index (χ3n) is 4.88. The number of rotatable bonds is 2. The summed E-state index contributed by atoms with van der Waals surface area (Å²) in [5, 5.41) is 0. The monoisotopic (exact) mass is 253 g/mol. The van der Waals surface area contributed by atoms with Gasteiger partial charge in [-0.05, 0) is 21.0 Å². The second-order valence-corrected chi connectivity index (χ2v) is 6.14. The molecule has 18 heavy (non-hydrogen) atoms. The highest BCUT2D eigenvalue weighted by Crippen LogP contribution is 2.21. The number of ketones is 1. The molecule has 2 heterocycles. The fourth-order valence-electron chi connectivity index (χ4n) is 3.10. The second kappa shape index (κ2) is 5.68. The van der Waals surface area contributed by atoms with E-state index < -0.39 is 0 Å². The molecule has 2 rings (SSSR count). The van der Waals surface area contributed by atoms with Crippen LogP contribution in [0.15, 0.2) is 0 Å². The standard InChI is InChI=1S/C14H27N3O/c1-11-12(2)17(6-5-14(11)18)10-13-9-15(3)7-8-16(13)4/h11-13H,5-10H2,1-4H3. The summed E-state index contributed by atoms with van der Waals surface area (Å²) in [5.74, 6) is 0.637. The Balaban J connectivity index is 1.94. The van der Waals surface area contributed by atoms with Crippen LogP contribution in [0.5, 0.6) is 0 Å². The number of piperazine rings is 1. The lowest BCUT2D eigenvalue weighted by atomic mass is 9.90. The summed E-state index contributed by atoms with van der Waals surface area (Å²) in [6, 6.07) is 0.999. The van der Waals surface area contributed by atoms with Crippen molar-refractivity contribution in [1.29, 1.82) is 0 Å². The summed E-state index contributed by atoms with van der Waals surface area (Å²) >= 11 is 0. The van der Waals surface area contributed by atoms with Crippen molar-refractivity contribution in [2.45, 2.75) is 32.4 Å². The highest BCUT2D eigenvalue weighted by molar-refractivity contribution is 5.82. The normalized spacial score (nSPS) is 37.1. The van der Waals surface area contributed by atoms with Crippen molar-refractivity contribution in [1.82, 2.24) is 14.7 Å². The highest BCUT2D eigenvalue weighted by atomic mass is 16.1. The Labute approximate surface area is 111 Å². The van der Waals surface area contributed by atoms with E-state index in [1.807, 2.05) is 0 Å². The molecule has 0 saturated carbocycles. The van der Waals surface area contributed by atoms with Crippen molar-refractivity contribution in [2.24, 2.45) is 5.92 Å². The van der Waals surface area contributed by atoms with Gasteiger partial charge in [0.25, 0.3) is 0 Å². The Morgan fingerprint density at radius 3 is 2.61 bits per heavy atom. The zero-order chi connectivity index (χ0) is 13.3. The summed E-state index contributed by atoms with van der Waals surface area (Å²) in [7, 11) is 4.42. The summed E-state index contributed by atoms with van der Waals surface area (Å²) in [5.41, 5.74) is 0. The molecule has 0 N–H and O–H groups in total. The fraction of sp³-hybridized carbons (Fsp3) is 0.929. The van der Waals surface area contributed by atoms with Gasteiger partial charge in [0, 0.05) is 57.1 Å². The molecule has 0 bridgehead atoms. The van der Waals surface area contributed by atoms with E-state index in [9.17, 15) is 4.79 Å². The predicted molar refractivity (Wildman–Crippen MR) is 73.7 cm³/mol. The van der Waals surface area contributed by atoms with Crippen LogP contribution >= 0.6 is 0 Å². The SMILES string of the molecule is CC1C(=O)CCN(CC2CN(C)CCN2C)C1C. The number of hydrogen-bond donors (Lipinski definition) is 0. The Hall–Kier alpha value is -0.450. The first-order chi connectivity index (χ1) is 8.49. The largest absolute Gasteiger partial charge is 0.303 e. The maximum atomic E-state index is 11.7. The summed E-state index contributed by atoms with van der Waals surface area (Å²) in [4.78, 5) is 19.1. The van der Waals surface area contributed by atoms with E-state index in [2.05, 4.69) is 42.6 Å². The number of likely N-dealkylation sites (N-methyl/N-ethyl adjacent to an activating group) is 2. The second-order valence-electron chi connectivity index (χ2n) is 6.14. The molecule has 0 aromatic rings. The van der Waals surface area contributed by atoms with E-state index in [0.717, 1.165) is 39.1 Å². The van der Waals surface area contributed by atoms with E-state index in [-0.39, 0.29) is 5.92 Å². The van der Waals surface area contributed by atoms with Crippen molar-refractivity contribution >= 4 is 5.78 Å². The van der Waals surface area contributed by atoms with Crippen LogP contribution in [0.25, 0.3) is 0 Å². The van der Waals surface area contributed by atoms with Gasteiger partial charge < -0.3 is 4.90 Å². The molecular weight excluding hydrogens is 226 g/mol. The van der Waals surface area contributed by atoms with Crippen molar-refractivity contribution in [3.05, 3.63) is 0 Å². The van der Waals surface area contributed by atoms with Gasteiger partial charge in [-0.3, -0.25) is 14.6 Å². The van der Waals surface area contributed by atoms with Crippen molar-refractivity contribution in [3.8, 4) is 0 Å². The van der Waals surface area contributed by atoms with Gasteiger partial charge in [-0.1, -0.05) is 6.92 Å². The molecular formula is C14H27N3O. The molecule has 2 aliphatic rings. The molecule has 0 radical (unpaired) electrons. The van der Waals surface area contributed by atoms with Crippen LogP contribution in [0, 0.1) is 5.92 Å². The lowest BCUT2D eigenvalue weighted by Crippen LogP contribution is -2.57. The molecule has 104 valence electrons. The molecule has 0 aromatic heterocycles. The molecule has 0 amide bonds. The maximum Gasteiger partial charge on any atom is 0.138 e. The van der Waals surface area contributed by atoms with Crippen LogP contribution in [0.1, 0.15) is 20.3 Å². The van der Waals surface area contributed by atoms with E-state index in [1.165, 1.54) is 0 Å². The van der Waals surface area contributed by atoms with Gasteiger partial charge in [0.15, 0.2) is 0 Å². The van der Waals surface area contributed by atoms with E-state index in [1.54, 1.807) is 0 Å². The lowest BCUT2D eigenvalue weighted by Gasteiger charge is -2.44. The van der Waals surface area contributed by atoms with Crippen LogP contribution < -0.4 is 0 Å².